The predicted octanol–water partition coefficient (Wildman–Crippen LogP) is 2.71. The van der Waals surface area contributed by atoms with Crippen molar-refractivity contribution in [1.29, 1.82) is 0 Å². The minimum absolute atomic E-state index is 0.00894. The second-order valence-electron chi connectivity index (χ2n) is 4.47. The van der Waals surface area contributed by atoms with Crippen LogP contribution in [0.3, 0.4) is 0 Å². The highest BCUT2D eigenvalue weighted by Gasteiger charge is 2.39. The SMILES string of the molecule is Nc1cc([N+](=O)[O-])ccc1N(CC(F)(F)F)C1CC1. The number of nitrogens with two attached hydrogens (primary N) is 1. The molecule has 0 heterocycles. The summed E-state index contributed by atoms with van der Waals surface area (Å²) in [6.07, 6.45) is -2.99. The van der Waals surface area contributed by atoms with Gasteiger partial charge in [0.1, 0.15) is 6.54 Å². The van der Waals surface area contributed by atoms with Gasteiger partial charge in [-0.15, -0.1) is 0 Å². The molecule has 0 spiro atoms. The van der Waals surface area contributed by atoms with Crippen LogP contribution in [-0.2, 0) is 0 Å². The number of rotatable bonds is 4. The summed E-state index contributed by atoms with van der Waals surface area (Å²) in [7, 11) is 0. The van der Waals surface area contributed by atoms with E-state index >= 15 is 0 Å². The van der Waals surface area contributed by atoms with Gasteiger partial charge < -0.3 is 10.6 Å². The molecule has 1 aromatic carbocycles. The highest BCUT2D eigenvalue weighted by molar-refractivity contribution is 5.71. The molecule has 8 heteroatoms. The van der Waals surface area contributed by atoms with E-state index < -0.39 is 17.6 Å². The van der Waals surface area contributed by atoms with Crippen LogP contribution in [0, 0.1) is 10.1 Å². The standard InChI is InChI=1S/C11H12F3N3O2/c12-11(13,14)6-16(7-1-2-7)10-4-3-8(17(18)19)5-9(10)15/h3-5,7H,1-2,6,15H2. The summed E-state index contributed by atoms with van der Waals surface area (Å²) in [5, 5.41) is 10.6. The average molecular weight is 275 g/mol. The number of nitro groups is 1. The molecule has 104 valence electrons. The maximum atomic E-state index is 12.5. The van der Waals surface area contributed by atoms with Crippen molar-refractivity contribution in [3.63, 3.8) is 0 Å². The number of nitrogen functional groups attached to an aromatic ring is 1. The predicted molar refractivity (Wildman–Crippen MR) is 63.9 cm³/mol. The summed E-state index contributed by atoms with van der Waals surface area (Å²) in [5.41, 5.74) is 5.59. The summed E-state index contributed by atoms with van der Waals surface area (Å²) in [5.74, 6) is 0. The van der Waals surface area contributed by atoms with E-state index in [1.807, 2.05) is 0 Å². The topological polar surface area (TPSA) is 72.4 Å². The number of anilines is 2. The summed E-state index contributed by atoms with van der Waals surface area (Å²) in [6, 6.07) is 3.33. The lowest BCUT2D eigenvalue weighted by molar-refractivity contribution is -0.384. The Hall–Kier alpha value is -1.99. The van der Waals surface area contributed by atoms with Crippen LogP contribution in [0.1, 0.15) is 12.8 Å². The Bertz CT molecular complexity index is 500. The van der Waals surface area contributed by atoms with E-state index in [2.05, 4.69) is 0 Å². The lowest BCUT2D eigenvalue weighted by Gasteiger charge is -2.26. The van der Waals surface area contributed by atoms with Crippen LogP contribution in [0.25, 0.3) is 0 Å². The van der Waals surface area contributed by atoms with E-state index in [0.29, 0.717) is 12.8 Å². The number of hydrogen-bond donors (Lipinski definition) is 1. The minimum Gasteiger partial charge on any atom is -0.397 e. The van der Waals surface area contributed by atoms with Gasteiger partial charge in [-0.3, -0.25) is 10.1 Å². The molecule has 0 bridgehead atoms. The van der Waals surface area contributed by atoms with E-state index in [-0.39, 0.29) is 23.1 Å². The van der Waals surface area contributed by atoms with E-state index in [9.17, 15) is 23.3 Å². The van der Waals surface area contributed by atoms with Crippen molar-refractivity contribution >= 4 is 17.1 Å². The zero-order chi connectivity index (χ0) is 14.2. The van der Waals surface area contributed by atoms with Gasteiger partial charge in [0.05, 0.1) is 16.3 Å². The number of benzene rings is 1. The molecule has 0 atom stereocenters. The fourth-order valence-electron chi connectivity index (χ4n) is 1.91. The molecule has 0 aliphatic heterocycles. The Morgan fingerprint density at radius 3 is 2.47 bits per heavy atom. The number of halogens is 3. The molecule has 1 aliphatic carbocycles. The largest absolute Gasteiger partial charge is 0.405 e. The van der Waals surface area contributed by atoms with Gasteiger partial charge in [0.15, 0.2) is 0 Å². The van der Waals surface area contributed by atoms with Crippen molar-refractivity contribution in [2.75, 3.05) is 17.2 Å². The molecule has 1 saturated carbocycles. The lowest BCUT2D eigenvalue weighted by atomic mass is 10.2. The Kier molecular flexibility index (Phi) is 3.25. The Balaban J connectivity index is 2.29. The fraction of sp³-hybridized carbons (Fsp3) is 0.455. The average Bonchev–Trinajstić information content (AvgIpc) is 3.08. The van der Waals surface area contributed by atoms with Gasteiger partial charge in [-0.25, -0.2) is 0 Å². The summed E-state index contributed by atoms with van der Waals surface area (Å²) in [4.78, 5) is 11.1. The number of hydrogen-bond acceptors (Lipinski definition) is 4. The number of nitrogens with zero attached hydrogens (tertiary/aromatic N) is 2. The monoisotopic (exact) mass is 275 g/mol. The first-order chi connectivity index (χ1) is 8.78. The van der Waals surface area contributed by atoms with Crippen LogP contribution < -0.4 is 10.6 Å². The van der Waals surface area contributed by atoms with Crippen LogP contribution in [0.4, 0.5) is 30.2 Å². The van der Waals surface area contributed by atoms with Gasteiger partial charge in [0, 0.05) is 18.2 Å². The zero-order valence-corrected chi connectivity index (χ0v) is 9.85. The van der Waals surface area contributed by atoms with Crippen LogP contribution in [0.15, 0.2) is 18.2 Å². The van der Waals surface area contributed by atoms with Crippen molar-refractivity contribution in [2.45, 2.75) is 25.1 Å². The van der Waals surface area contributed by atoms with Gasteiger partial charge in [0.2, 0.25) is 0 Å². The van der Waals surface area contributed by atoms with Crippen molar-refractivity contribution in [3.05, 3.63) is 28.3 Å². The Morgan fingerprint density at radius 2 is 2.05 bits per heavy atom. The first kappa shape index (κ1) is 13.4. The van der Waals surface area contributed by atoms with Gasteiger partial charge in [0.25, 0.3) is 5.69 Å². The number of alkyl halides is 3. The second kappa shape index (κ2) is 4.60. The number of non-ortho nitro benzene ring substituents is 1. The van der Waals surface area contributed by atoms with Crippen molar-refractivity contribution in [2.24, 2.45) is 0 Å². The maximum Gasteiger partial charge on any atom is 0.405 e. The van der Waals surface area contributed by atoms with Crippen molar-refractivity contribution < 1.29 is 18.1 Å². The van der Waals surface area contributed by atoms with E-state index in [0.717, 1.165) is 12.1 Å². The first-order valence-corrected chi connectivity index (χ1v) is 5.65. The summed E-state index contributed by atoms with van der Waals surface area (Å²) in [6.45, 7) is -1.10. The first-order valence-electron chi connectivity index (χ1n) is 5.65. The van der Waals surface area contributed by atoms with Gasteiger partial charge in [-0.1, -0.05) is 0 Å². The minimum atomic E-state index is -4.34. The van der Waals surface area contributed by atoms with Crippen molar-refractivity contribution in [1.82, 2.24) is 0 Å². The molecule has 1 aromatic rings. The molecule has 5 nitrogen and oxygen atoms in total. The molecule has 2 rings (SSSR count). The molecule has 19 heavy (non-hydrogen) atoms. The van der Waals surface area contributed by atoms with E-state index in [4.69, 9.17) is 5.73 Å². The molecule has 1 fully saturated rings. The Morgan fingerprint density at radius 1 is 1.42 bits per heavy atom. The summed E-state index contributed by atoms with van der Waals surface area (Å²) < 4.78 is 37.6. The molecule has 1 aliphatic rings. The maximum absolute atomic E-state index is 12.5. The van der Waals surface area contributed by atoms with Gasteiger partial charge in [-0.2, -0.15) is 13.2 Å². The van der Waals surface area contributed by atoms with Crippen molar-refractivity contribution in [3.8, 4) is 0 Å². The molecular formula is C11H12F3N3O2. The van der Waals surface area contributed by atoms with Crippen LogP contribution in [0.2, 0.25) is 0 Å². The van der Waals surface area contributed by atoms with E-state index in [1.165, 1.54) is 11.0 Å². The number of nitro benzene ring substituents is 1. The quantitative estimate of drug-likeness (QED) is 0.521. The molecule has 0 unspecified atom stereocenters. The molecule has 2 N–H and O–H groups in total. The molecule has 0 aromatic heterocycles. The highest BCUT2D eigenvalue weighted by atomic mass is 19.4. The van der Waals surface area contributed by atoms with E-state index in [1.54, 1.807) is 0 Å². The van der Waals surface area contributed by atoms with Gasteiger partial charge in [-0.05, 0) is 18.9 Å². The second-order valence-corrected chi connectivity index (χ2v) is 4.47. The molecule has 0 saturated heterocycles. The third-order valence-electron chi connectivity index (χ3n) is 2.87. The van der Waals surface area contributed by atoms with Crippen LogP contribution in [-0.4, -0.2) is 23.7 Å². The lowest BCUT2D eigenvalue weighted by Crippen LogP contribution is -2.36. The fourth-order valence-corrected chi connectivity index (χ4v) is 1.91. The van der Waals surface area contributed by atoms with Crippen LogP contribution >= 0.6 is 0 Å². The summed E-state index contributed by atoms with van der Waals surface area (Å²) >= 11 is 0. The smallest absolute Gasteiger partial charge is 0.397 e. The zero-order valence-electron chi connectivity index (χ0n) is 9.85. The molecule has 0 amide bonds. The van der Waals surface area contributed by atoms with Crippen LogP contribution in [0.5, 0.6) is 0 Å². The third-order valence-corrected chi connectivity index (χ3v) is 2.87. The highest BCUT2D eigenvalue weighted by Crippen LogP contribution is 2.38. The molecule has 0 radical (unpaired) electrons. The van der Waals surface area contributed by atoms with Gasteiger partial charge >= 0.3 is 6.18 Å². The normalized spacial score (nSPS) is 15.3. The third kappa shape index (κ3) is 3.27. The molecular weight excluding hydrogens is 263 g/mol. The Labute approximate surface area is 106 Å².